The Morgan fingerprint density at radius 1 is 1.28 bits per heavy atom. The van der Waals surface area contributed by atoms with E-state index < -0.39 is 0 Å². The first-order valence-electron chi connectivity index (χ1n) is 6.19. The third-order valence-corrected chi connectivity index (χ3v) is 2.21. The lowest BCUT2D eigenvalue weighted by Gasteiger charge is -2.19. The minimum Gasteiger partial charge on any atom is -0.492 e. The van der Waals surface area contributed by atoms with Gasteiger partial charge in [0.1, 0.15) is 5.75 Å². The van der Waals surface area contributed by atoms with Crippen LogP contribution < -0.4 is 15.4 Å². The van der Waals surface area contributed by atoms with Gasteiger partial charge in [0.25, 0.3) is 0 Å². The Hall–Kier alpha value is -1.71. The Balaban J connectivity index is 2.59. The molecular formula is C14H22N2O2. The summed E-state index contributed by atoms with van der Waals surface area (Å²) < 4.78 is 5.44. The number of carbonyl (C=O) groups excluding carboxylic acids is 1. The molecule has 1 aromatic carbocycles. The van der Waals surface area contributed by atoms with Gasteiger partial charge in [-0.3, -0.25) is 0 Å². The molecule has 100 valence electrons. The molecule has 0 heterocycles. The van der Waals surface area contributed by atoms with Crippen LogP contribution in [0.15, 0.2) is 24.3 Å². The first-order valence-corrected chi connectivity index (χ1v) is 6.19. The first kappa shape index (κ1) is 14.4. The predicted molar refractivity (Wildman–Crippen MR) is 74.1 cm³/mol. The van der Waals surface area contributed by atoms with E-state index in [4.69, 9.17) is 4.74 Å². The van der Waals surface area contributed by atoms with Crippen LogP contribution in [0.2, 0.25) is 0 Å². The minimum absolute atomic E-state index is 0.0662. The third kappa shape index (κ3) is 5.08. The second-order valence-electron chi connectivity index (χ2n) is 5.30. The Bertz CT molecular complexity index is 397. The summed E-state index contributed by atoms with van der Waals surface area (Å²) in [6.45, 7) is 9.32. The molecule has 0 saturated heterocycles. The molecule has 1 aromatic rings. The van der Waals surface area contributed by atoms with E-state index >= 15 is 0 Å². The summed E-state index contributed by atoms with van der Waals surface area (Å²) in [6, 6.07) is 7.19. The van der Waals surface area contributed by atoms with Crippen molar-refractivity contribution in [1.82, 2.24) is 5.32 Å². The maximum Gasteiger partial charge on any atom is 0.319 e. The van der Waals surface area contributed by atoms with E-state index in [2.05, 4.69) is 31.4 Å². The smallest absolute Gasteiger partial charge is 0.319 e. The van der Waals surface area contributed by atoms with Crippen LogP contribution >= 0.6 is 0 Å². The van der Waals surface area contributed by atoms with Crippen molar-refractivity contribution in [2.45, 2.75) is 27.7 Å². The molecule has 2 N–H and O–H groups in total. The number of ether oxygens (including phenoxy) is 1. The number of hydrogen-bond acceptors (Lipinski definition) is 2. The number of nitrogens with one attached hydrogen (secondary N) is 2. The number of rotatable bonds is 4. The lowest BCUT2D eigenvalue weighted by atomic mass is 9.97. The molecule has 0 aliphatic heterocycles. The fourth-order valence-electron chi connectivity index (χ4n) is 1.36. The average molecular weight is 250 g/mol. The van der Waals surface area contributed by atoms with Crippen molar-refractivity contribution in [2.24, 2.45) is 5.41 Å². The molecule has 0 saturated carbocycles. The second kappa shape index (κ2) is 6.28. The number of urea groups is 1. The Morgan fingerprint density at radius 3 is 2.56 bits per heavy atom. The largest absolute Gasteiger partial charge is 0.492 e. The Morgan fingerprint density at radius 2 is 1.94 bits per heavy atom. The van der Waals surface area contributed by atoms with Crippen molar-refractivity contribution in [3.8, 4) is 5.75 Å². The fourth-order valence-corrected chi connectivity index (χ4v) is 1.36. The van der Waals surface area contributed by atoms with Crippen molar-refractivity contribution >= 4 is 11.7 Å². The summed E-state index contributed by atoms with van der Waals surface area (Å²) in [6.07, 6.45) is 0. The molecule has 2 amide bonds. The van der Waals surface area contributed by atoms with Gasteiger partial charge >= 0.3 is 6.03 Å². The van der Waals surface area contributed by atoms with Gasteiger partial charge in [-0.15, -0.1) is 0 Å². The number of benzene rings is 1. The molecule has 1 rings (SSSR count). The van der Waals surface area contributed by atoms with Gasteiger partial charge in [-0.05, 0) is 24.5 Å². The van der Waals surface area contributed by atoms with Crippen LogP contribution in [-0.4, -0.2) is 19.2 Å². The minimum atomic E-state index is -0.211. The zero-order valence-electron chi connectivity index (χ0n) is 11.5. The molecule has 0 unspecified atom stereocenters. The molecule has 0 fully saturated rings. The van der Waals surface area contributed by atoms with Gasteiger partial charge in [0.15, 0.2) is 0 Å². The lowest BCUT2D eigenvalue weighted by molar-refractivity contribution is 0.246. The van der Waals surface area contributed by atoms with Crippen molar-refractivity contribution in [1.29, 1.82) is 0 Å². The highest BCUT2D eigenvalue weighted by Crippen LogP contribution is 2.23. The molecule has 0 atom stereocenters. The molecule has 18 heavy (non-hydrogen) atoms. The molecule has 0 radical (unpaired) electrons. The summed E-state index contributed by atoms with van der Waals surface area (Å²) in [7, 11) is 0. The van der Waals surface area contributed by atoms with E-state index in [1.165, 1.54) is 0 Å². The highest BCUT2D eigenvalue weighted by Gasteiger charge is 2.12. The maximum absolute atomic E-state index is 11.7. The maximum atomic E-state index is 11.7. The van der Waals surface area contributed by atoms with E-state index in [0.29, 0.717) is 24.6 Å². The predicted octanol–water partition coefficient (Wildman–Crippen LogP) is 3.25. The van der Waals surface area contributed by atoms with E-state index in [-0.39, 0.29) is 11.4 Å². The molecule has 0 aliphatic rings. The van der Waals surface area contributed by atoms with Gasteiger partial charge in [0.2, 0.25) is 0 Å². The van der Waals surface area contributed by atoms with Gasteiger partial charge < -0.3 is 15.4 Å². The number of amides is 2. The second-order valence-corrected chi connectivity index (χ2v) is 5.30. The average Bonchev–Trinajstić information content (AvgIpc) is 2.29. The van der Waals surface area contributed by atoms with Crippen LogP contribution in [-0.2, 0) is 0 Å². The number of anilines is 1. The Labute approximate surface area is 109 Å². The van der Waals surface area contributed by atoms with Gasteiger partial charge in [-0.1, -0.05) is 32.9 Å². The van der Waals surface area contributed by atoms with Crippen molar-refractivity contribution in [3.63, 3.8) is 0 Å². The van der Waals surface area contributed by atoms with Crippen LogP contribution in [0.4, 0.5) is 10.5 Å². The first-order chi connectivity index (χ1) is 8.42. The van der Waals surface area contributed by atoms with Crippen LogP contribution in [0.3, 0.4) is 0 Å². The molecule has 4 heteroatoms. The van der Waals surface area contributed by atoms with E-state index in [1.807, 2.05) is 31.2 Å². The third-order valence-electron chi connectivity index (χ3n) is 2.21. The summed E-state index contributed by atoms with van der Waals surface area (Å²) in [4.78, 5) is 11.7. The standard InChI is InChI=1S/C14H22N2O2/c1-5-18-12-9-7-6-8-11(12)16-13(17)15-10-14(2,3)4/h6-9H,5,10H2,1-4H3,(H2,15,16,17). The van der Waals surface area contributed by atoms with Gasteiger partial charge in [0.05, 0.1) is 12.3 Å². The zero-order valence-corrected chi connectivity index (χ0v) is 11.5. The molecule has 0 bridgehead atoms. The van der Waals surface area contributed by atoms with Crippen LogP contribution in [0.25, 0.3) is 0 Å². The van der Waals surface area contributed by atoms with Crippen molar-refractivity contribution in [3.05, 3.63) is 24.3 Å². The summed E-state index contributed by atoms with van der Waals surface area (Å²) in [5.74, 6) is 0.686. The van der Waals surface area contributed by atoms with Crippen molar-refractivity contribution < 1.29 is 9.53 Å². The van der Waals surface area contributed by atoms with Crippen LogP contribution in [0, 0.1) is 5.41 Å². The van der Waals surface area contributed by atoms with E-state index in [9.17, 15) is 4.79 Å². The summed E-state index contributed by atoms with van der Waals surface area (Å²) in [5.41, 5.74) is 0.752. The zero-order chi connectivity index (χ0) is 13.6. The normalized spacial score (nSPS) is 10.9. The fraction of sp³-hybridized carbons (Fsp3) is 0.500. The lowest BCUT2D eigenvalue weighted by Crippen LogP contribution is -2.35. The van der Waals surface area contributed by atoms with E-state index in [0.717, 1.165) is 0 Å². The quantitative estimate of drug-likeness (QED) is 0.861. The topological polar surface area (TPSA) is 50.4 Å². The highest BCUT2D eigenvalue weighted by molar-refractivity contribution is 5.90. The molecule has 4 nitrogen and oxygen atoms in total. The van der Waals surface area contributed by atoms with E-state index in [1.54, 1.807) is 0 Å². The monoisotopic (exact) mass is 250 g/mol. The molecule has 0 aromatic heterocycles. The Kier molecular flexibility index (Phi) is 5.01. The van der Waals surface area contributed by atoms with Gasteiger partial charge in [-0.25, -0.2) is 4.79 Å². The summed E-state index contributed by atoms with van der Waals surface area (Å²) in [5, 5.41) is 5.63. The number of carbonyl (C=O) groups is 1. The number of para-hydroxylation sites is 2. The summed E-state index contributed by atoms with van der Waals surface area (Å²) >= 11 is 0. The number of hydrogen-bond donors (Lipinski definition) is 2. The molecule has 0 aliphatic carbocycles. The molecule has 0 spiro atoms. The van der Waals surface area contributed by atoms with Crippen LogP contribution in [0.1, 0.15) is 27.7 Å². The highest BCUT2D eigenvalue weighted by atomic mass is 16.5. The molecular weight excluding hydrogens is 228 g/mol. The SMILES string of the molecule is CCOc1ccccc1NC(=O)NCC(C)(C)C. The van der Waals surface area contributed by atoms with Crippen molar-refractivity contribution in [2.75, 3.05) is 18.5 Å². The van der Waals surface area contributed by atoms with Gasteiger partial charge in [-0.2, -0.15) is 0 Å². The van der Waals surface area contributed by atoms with Gasteiger partial charge in [0, 0.05) is 6.54 Å². The van der Waals surface area contributed by atoms with Crippen LogP contribution in [0.5, 0.6) is 5.75 Å².